The molecule has 0 aromatic carbocycles. The summed E-state index contributed by atoms with van der Waals surface area (Å²) in [7, 11) is 0. The smallest absolute Gasteiger partial charge is 0.222 e. The van der Waals surface area contributed by atoms with Gasteiger partial charge in [-0.25, -0.2) is 4.98 Å². The Labute approximate surface area is 131 Å². The quantitative estimate of drug-likeness (QED) is 0.864. The molecule has 1 aliphatic rings. The fourth-order valence-corrected chi connectivity index (χ4v) is 3.21. The zero-order valence-corrected chi connectivity index (χ0v) is 13.9. The minimum Gasteiger partial charge on any atom is -0.340 e. The second kappa shape index (κ2) is 7.87. The number of carbonyl (C=O) groups excluding carboxylic acids is 1. The summed E-state index contributed by atoms with van der Waals surface area (Å²) in [6.45, 7) is 8.49. The van der Waals surface area contributed by atoms with Gasteiger partial charge in [-0.2, -0.15) is 0 Å². The van der Waals surface area contributed by atoms with Crippen LogP contribution in [0.2, 0.25) is 0 Å². The zero-order valence-electron chi connectivity index (χ0n) is 13.0. The summed E-state index contributed by atoms with van der Waals surface area (Å²) in [5.41, 5.74) is 6.87. The highest BCUT2D eigenvalue weighted by Crippen LogP contribution is 2.14. The molecule has 118 valence electrons. The third-order valence-electron chi connectivity index (χ3n) is 3.83. The predicted octanol–water partition coefficient (Wildman–Crippen LogP) is 1.48. The lowest BCUT2D eigenvalue weighted by Crippen LogP contribution is -2.48. The molecule has 1 atom stereocenters. The van der Waals surface area contributed by atoms with Crippen LogP contribution in [0.3, 0.4) is 0 Å². The van der Waals surface area contributed by atoms with Crippen molar-refractivity contribution in [2.24, 2.45) is 5.73 Å². The van der Waals surface area contributed by atoms with Crippen LogP contribution in [0.5, 0.6) is 0 Å². The molecule has 0 saturated carbocycles. The molecule has 1 amide bonds. The van der Waals surface area contributed by atoms with Gasteiger partial charge in [0, 0.05) is 50.6 Å². The zero-order chi connectivity index (χ0) is 15.2. The molecule has 1 saturated heterocycles. The van der Waals surface area contributed by atoms with E-state index in [1.54, 1.807) is 11.3 Å². The molecule has 2 N–H and O–H groups in total. The van der Waals surface area contributed by atoms with Gasteiger partial charge in [0.1, 0.15) is 0 Å². The molecule has 2 heterocycles. The topological polar surface area (TPSA) is 62.5 Å². The SMILES string of the molecule is CCc1nc(CN2CCN(C(=O)CCC(C)N)CC2)cs1. The Bertz CT molecular complexity index is 452. The van der Waals surface area contributed by atoms with Gasteiger partial charge in [-0.05, 0) is 19.8 Å². The highest BCUT2D eigenvalue weighted by molar-refractivity contribution is 7.09. The highest BCUT2D eigenvalue weighted by Gasteiger charge is 2.21. The number of amides is 1. The maximum atomic E-state index is 12.1. The van der Waals surface area contributed by atoms with Crippen molar-refractivity contribution in [1.29, 1.82) is 0 Å². The van der Waals surface area contributed by atoms with E-state index in [0.717, 1.165) is 51.3 Å². The molecular formula is C15H26N4OS. The second-order valence-electron chi connectivity index (χ2n) is 5.76. The number of rotatable bonds is 6. The normalized spacial score (nSPS) is 18.0. The van der Waals surface area contributed by atoms with Crippen LogP contribution in [-0.2, 0) is 17.8 Å². The first-order valence-corrected chi connectivity index (χ1v) is 8.65. The Morgan fingerprint density at radius 1 is 1.43 bits per heavy atom. The number of hydrogen-bond donors (Lipinski definition) is 1. The van der Waals surface area contributed by atoms with E-state index in [4.69, 9.17) is 5.73 Å². The Morgan fingerprint density at radius 2 is 2.14 bits per heavy atom. The molecule has 6 heteroatoms. The lowest BCUT2D eigenvalue weighted by Gasteiger charge is -2.34. The third-order valence-corrected chi connectivity index (χ3v) is 4.87. The van der Waals surface area contributed by atoms with Crippen molar-refractivity contribution in [1.82, 2.24) is 14.8 Å². The summed E-state index contributed by atoms with van der Waals surface area (Å²) in [5.74, 6) is 0.244. The van der Waals surface area contributed by atoms with Gasteiger partial charge in [-0.1, -0.05) is 6.92 Å². The Kier molecular flexibility index (Phi) is 6.14. The third kappa shape index (κ3) is 5.05. The van der Waals surface area contributed by atoms with Gasteiger partial charge >= 0.3 is 0 Å². The van der Waals surface area contributed by atoms with Crippen LogP contribution in [0.4, 0.5) is 0 Å². The molecule has 0 radical (unpaired) electrons. The van der Waals surface area contributed by atoms with Crippen LogP contribution >= 0.6 is 11.3 Å². The molecule has 1 aromatic rings. The minimum atomic E-state index is 0.104. The van der Waals surface area contributed by atoms with Gasteiger partial charge in [0.2, 0.25) is 5.91 Å². The predicted molar refractivity (Wildman–Crippen MR) is 86.2 cm³/mol. The van der Waals surface area contributed by atoms with Crippen molar-refractivity contribution in [3.05, 3.63) is 16.1 Å². The molecule has 1 aromatic heterocycles. The first-order chi connectivity index (χ1) is 10.1. The fraction of sp³-hybridized carbons (Fsp3) is 0.733. The van der Waals surface area contributed by atoms with Crippen molar-refractivity contribution in [2.75, 3.05) is 26.2 Å². The summed E-state index contributed by atoms with van der Waals surface area (Å²) >= 11 is 1.74. The van der Waals surface area contributed by atoms with Gasteiger partial charge in [-0.15, -0.1) is 11.3 Å². The average Bonchev–Trinajstić information content (AvgIpc) is 2.93. The van der Waals surface area contributed by atoms with Crippen molar-refractivity contribution in [2.45, 2.75) is 45.7 Å². The van der Waals surface area contributed by atoms with Gasteiger partial charge in [0.25, 0.3) is 0 Å². The highest BCUT2D eigenvalue weighted by atomic mass is 32.1. The summed E-state index contributed by atoms with van der Waals surface area (Å²) in [6, 6.07) is 0.104. The largest absolute Gasteiger partial charge is 0.340 e. The molecule has 0 bridgehead atoms. The number of thiazole rings is 1. The van der Waals surface area contributed by atoms with E-state index in [0.29, 0.717) is 6.42 Å². The maximum absolute atomic E-state index is 12.1. The number of nitrogens with zero attached hydrogens (tertiary/aromatic N) is 3. The second-order valence-corrected chi connectivity index (χ2v) is 6.70. The Balaban J connectivity index is 1.73. The van der Waals surface area contributed by atoms with Crippen molar-refractivity contribution >= 4 is 17.2 Å². The molecule has 2 rings (SSSR count). The number of carbonyl (C=O) groups is 1. The maximum Gasteiger partial charge on any atom is 0.222 e. The van der Waals surface area contributed by atoms with Crippen LogP contribution in [0.25, 0.3) is 0 Å². The fourth-order valence-electron chi connectivity index (χ4n) is 2.48. The number of hydrogen-bond acceptors (Lipinski definition) is 5. The van der Waals surface area contributed by atoms with Crippen LogP contribution in [0.15, 0.2) is 5.38 Å². The van der Waals surface area contributed by atoms with Gasteiger partial charge in [0.05, 0.1) is 10.7 Å². The average molecular weight is 310 g/mol. The number of aromatic nitrogens is 1. The van der Waals surface area contributed by atoms with Gasteiger partial charge < -0.3 is 10.6 Å². The van der Waals surface area contributed by atoms with E-state index >= 15 is 0 Å². The number of nitrogens with two attached hydrogens (primary N) is 1. The van der Waals surface area contributed by atoms with E-state index in [2.05, 4.69) is 22.2 Å². The monoisotopic (exact) mass is 310 g/mol. The molecule has 1 aliphatic heterocycles. The summed E-state index contributed by atoms with van der Waals surface area (Å²) in [4.78, 5) is 21.0. The summed E-state index contributed by atoms with van der Waals surface area (Å²) < 4.78 is 0. The van der Waals surface area contributed by atoms with E-state index in [1.807, 2.05) is 11.8 Å². The lowest BCUT2D eigenvalue weighted by molar-refractivity contribution is -0.133. The molecule has 0 aliphatic carbocycles. The summed E-state index contributed by atoms with van der Waals surface area (Å²) in [6.07, 6.45) is 2.35. The van der Waals surface area contributed by atoms with E-state index in [9.17, 15) is 4.79 Å². The molecule has 5 nitrogen and oxygen atoms in total. The van der Waals surface area contributed by atoms with E-state index in [1.165, 1.54) is 5.01 Å². The molecular weight excluding hydrogens is 284 g/mol. The Morgan fingerprint density at radius 3 is 2.71 bits per heavy atom. The van der Waals surface area contributed by atoms with Crippen LogP contribution < -0.4 is 5.73 Å². The van der Waals surface area contributed by atoms with Crippen molar-refractivity contribution < 1.29 is 4.79 Å². The molecule has 0 spiro atoms. The van der Waals surface area contributed by atoms with Gasteiger partial charge in [0.15, 0.2) is 0 Å². The van der Waals surface area contributed by atoms with Crippen LogP contribution in [0, 0.1) is 0 Å². The summed E-state index contributed by atoms with van der Waals surface area (Å²) in [5, 5.41) is 3.36. The lowest BCUT2D eigenvalue weighted by atomic mass is 10.1. The number of piperazine rings is 1. The Hall–Kier alpha value is -0.980. The van der Waals surface area contributed by atoms with Gasteiger partial charge in [-0.3, -0.25) is 9.69 Å². The van der Waals surface area contributed by atoms with E-state index < -0.39 is 0 Å². The molecule has 21 heavy (non-hydrogen) atoms. The molecule has 1 unspecified atom stereocenters. The minimum absolute atomic E-state index is 0.104. The van der Waals surface area contributed by atoms with Crippen LogP contribution in [-0.4, -0.2) is 52.9 Å². The standard InChI is InChI=1S/C15H26N4OS/c1-3-14-17-13(11-21-14)10-18-6-8-19(9-7-18)15(20)5-4-12(2)16/h11-12H,3-10,16H2,1-2H3. The number of aryl methyl sites for hydroxylation is 1. The first kappa shape index (κ1) is 16.4. The van der Waals surface area contributed by atoms with E-state index in [-0.39, 0.29) is 11.9 Å². The van der Waals surface area contributed by atoms with Crippen molar-refractivity contribution in [3.63, 3.8) is 0 Å². The molecule has 1 fully saturated rings. The van der Waals surface area contributed by atoms with Crippen LogP contribution in [0.1, 0.15) is 37.4 Å². The van der Waals surface area contributed by atoms with Crippen molar-refractivity contribution in [3.8, 4) is 0 Å². The first-order valence-electron chi connectivity index (χ1n) is 7.77.